The summed E-state index contributed by atoms with van der Waals surface area (Å²) in [6, 6.07) is 4.02. The number of aryl methyl sites for hydroxylation is 3. The lowest BCUT2D eigenvalue weighted by Gasteiger charge is -2.36. The number of hydrogen-bond donors (Lipinski definition) is 2. The minimum absolute atomic E-state index is 0. The summed E-state index contributed by atoms with van der Waals surface area (Å²) in [6.45, 7) is 13.1. The van der Waals surface area contributed by atoms with E-state index in [4.69, 9.17) is 4.99 Å². The van der Waals surface area contributed by atoms with Crippen molar-refractivity contribution in [2.24, 2.45) is 4.99 Å². The number of aromatic nitrogens is 2. The molecule has 1 fully saturated rings. The number of aromatic hydroxyl groups is 1. The Morgan fingerprint density at radius 2 is 1.83 bits per heavy atom. The lowest BCUT2D eigenvalue weighted by Crippen LogP contribution is -2.52. The van der Waals surface area contributed by atoms with Crippen LogP contribution in [-0.4, -0.2) is 58.0 Å². The third-order valence-corrected chi connectivity index (χ3v) is 5.74. The van der Waals surface area contributed by atoms with Crippen molar-refractivity contribution in [1.29, 1.82) is 0 Å². The zero-order chi connectivity index (χ0) is 20.1. The molecule has 1 aliphatic heterocycles. The maximum atomic E-state index is 9.96. The summed E-state index contributed by atoms with van der Waals surface area (Å²) in [5.41, 5.74) is 2.91. The monoisotopic (exact) mass is 530 g/mol. The standard InChI is InChI=1S/C20H30N6OS.HI/c1-5-17-23-20(28-24-17)26-9-7-25(8-10-26)19(21-6-2)22-13-16-11-14(3)18(27)15(4)12-16;/h11-12,27H,5-10,13H2,1-4H3,(H,21,22);1H. The number of nitrogens with zero attached hydrogens (tertiary/aromatic N) is 5. The van der Waals surface area contributed by atoms with Gasteiger partial charge in [0.2, 0.25) is 5.13 Å². The van der Waals surface area contributed by atoms with Gasteiger partial charge in [0.1, 0.15) is 11.6 Å². The summed E-state index contributed by atoms with van der Waals surface area (Å²) in [7, 11) is 0. The van der Waals surface area contributed by atoms with Gasteiger partial charge in [0, 0.05) is 50.7 Å². The van der Waals surface area contributed by atoms with Gasteiger partial charge in [-0.3, -0.25) is 0 Å². The summed E-state index contributed by atoms with van der Waals surface area (Å²) in [5.74, 6) is 2.24. The van der Waals surface area contributed by atoms with Gasteiger partial charge in [-0.1, -0.05) is 19.1 Å². The molecule has 3 rings (SSSR count). The number of hydrogen-bond acceptors (Lipinski definition) is 6. The Labute approximate surface area is 194 Å². The van der Waals surface area contributed by atoms with Crippen LogP contribution in [0, 0.1) is 13.8 Å². The van der Waals surface area contributed by atoms with Crippen molar-refractivity contribution in [2.75, 3.05) is 37.6 Å². The predicted molar refractivity (Wildman–Crippen MR) is 131 cm³/mol. The molecule has 7 nitrogen and oxygen atoms in total. The van der Waals surface area contributed by atoms with Crippen LogP contribution >= 0.6 is 35.5 Å². The Balaban J connectivity index is 0.00000300. The lowest BCUT2D eigenvalue weighted by molar-refractivity contribution is 0.372. The Hall–Kier alpha value is -1.62. The van der Waals surface area contributed by atoms with Crippen molar-refractivity contribution in [2.45, 2.75) is 40.7 Å². The molecule has 0 aliphatic carbocycles. The van der Waals surface area contributed by atoms with E-state index in [1.54, 1.807) is 0 Å². The number of guanidine groups is 1. The largest absolute Gasteiger partial charge is 0.507 e. The van der Waals surface area contributed by atoms with Crippen LogP contribution in [-0.2, 0) is 13.0 Å². The molecule has 0 bridgehead atoms. The third kappa shape index (κ3) is 5.94. The highest BCUT2D eigenvalue weighted by Gasteiger charge is 2.22. The average molecular weight is 530 g/mol. The van der Waals surface area contributed by atoms with Gasteiger partial charge in [-0.25, -0.2) is 9.98 Å². The van der Waals surface area contributed by atoms with Crippen LogP contribution in [0.5, 0.6) is 5.75 Å². The molecule has 0 atom stereocenters. The summed E-state index contributed by atoms with van der Waals surface area (Å²) in [6.07, 6.45) is 0.879. The molecule has 29 heavy (non-hydrogen) atoms. The van der Waals surface area contributed by atoms with E-state index in [0.717, 1.165) is 72.8 Å². The number of piperazine rings is 1. The summed E-state index contributed by atoms with van der Waals surface area (Å²) in [5, 5.41) is 14.4. The number of anilines is 1. The maximum Gasteiger partial charge on any atom is 0.205 e. The number of benzene rings is 1. The number of aliphatic imine (C=N–C) groups is 1. The van der Waals surface area contributed by atoms with Crippen LogP contribution in [0.2, 0.25) is 0 Å². The molecule has 0 amide bonds. The van der Waals surface area contributed by atoms with Gasteiger partial charge in [0.25, 0.3) is 0 Å². The first-order valence-corrected chi connectivity index (χ1v) is 10.7. The zero-order valence-electron chi connectivity index (χ0n) is 17.6. The highest BCUT2D eigenvalue weighted by Crippen LogP contribution is 2.23. The fourth-order valence-corrected chi connectivity index (χ4v) is 4.16. The molecule has 9 heteroatoms. The second-order valence-corrected chi connectivity index (χ2v) is 7.80. The number of rotatable bonds is 5. The van der Waals surface area contributed by atoms with Gasteiger partial charge in [-0.05, 0) is 37.5 Å². The fraction of sp³-hybridized carbons (Fsp3) is 0.550. The van der Waals surface area contributed by atoms with Crippen LogP contribution in [0.3, 0.4) is 0 Å². The van der Waals surface area contributed by atoms with Crippen LogP contribution in [0.1, 0.15) is 36.4 Å². The number of phenolic OH excluding ortho intramolecular Hbond substituents is 1. The molecule has 0 unspecified atom stereocenters. The van der Waals surface area contributed by atoms with Gasteiger partial charge in [0.05, 0.1) is 6.54 Å². The quantitative estimate of drug-likeness (QED) is 0.351. The van der Waals surface area contributed by atoms with Crippen LogP contribution in [0.4, 0.5) is 5.13 Å². The summed E-state index contributed by atoms with van der Waals surface area (Å²) in [4.78, 5) is 14.1. The highest BCUT2D eigenvalue weighted by molar-refractivity contribution is 14.0. The fourth-order valence-electron chi connectivity index (χ4n) is 3.36. The molecule has 1 aromatic carbocycles. The van der Waals surface area contributed by atoms with E-state index in [1.807, 2.05) is 26.0 Å². The summed E-state index contributed by atoms with van der Waals surface area (Å²) < 4.78 is 4.40. The smallest absolute Gasteiger partial charge is 0.205 e. The normalized spacial score (nSPS) is 14.7. The Morgan fingerprint density at radius 3 is 2.38 bits per heavy atom. The lowest BCUT2D eigenvalue weighted by atomic mass is 10.1. The van der Waals surface area contributed by atoms with E-state index in [-0.39, 0.29) is 24.0 Å². The molecule has 160 valence electrons. The molecular weight excluding hydrogens is 499 g/mol. The Bertz CT molecular complexity index is 809. The topological polar surface area (TPSA) is 76.9 Å². The van der Waals surface area contributed by atoms with Gasteiger partial charge < -0.3 is 20.2 Å². The summed E-state index contributed by atoms with van der Waals surface area (Å²) >= 11 is 1.49. The van der Waals surface area contributed by atoms with Crippen LogP contribution in [0.15, 0.2) is 17.1 Å². The molecule has 1 aliphatic rings. The number of halogens is 1. The van der Waals surface area contributed by atoms with E-state index in [0.29, 0.717) is 12.3 Å². The van der Waals surface area contributed by atoms with Crippen molar-refractivity contribution in [1.82, 2.24) is 19.6 Å². The van der Waals surface area contributed by atoms with E-state index in [1.165, 1.54) is 11.5 Å². The first-order chi connectivity index (χ1) is 13.5. The first kappa shape index (κ1) is 23.7. The minimum atomic E-state index is 0. The molecule has 0 saturated carbocycles. The minimum Gasteiger partial charge on any atom is -0.507 e. The van der Waals surface area contributed by atoms with Crippen molar-refractivity contribution in [3.8, 4) is 5.75 Å². The van der Waals surface area contributed by atoms with Crippen LogP contribution in [0.25, 0.3) is 0 Å². The number of phenols is 1. The van der Waals surface area contributed by atoms with Gasteiger partial charge in [0.15, 0.2) is 5.96 Å². The molecule has 1 saturated heterocycles. The molecule has 2 aromatic rings. The van der Waals surface area contributed by atoms with Crippen molar-refractivity contribution >= 4 is 46.6 Å². The molecule has 2 N–H and O–H groups in total. The second kappa shape index (κ2) is 11.0. The Morgan fingerprint density at radius 1 is 1.17 bits per heavy atom. The van der Waals surface area contributed by atoms with Gasteiger partial charge in [-0.2, -0.15) is 4.37 Å². The second-order valence-electron chi connectivity index (χ2n) is 7.07. The molecule has 0 spiro atoms. The Kier molecular flexibility index (Phi) is 8.94. The average Bonchev–Trinajstić information content (AvgIpc) is 3.18. The molecule has 0 radical (unpaired) electrons. The SMILES string of the molecule is CCNC(=NCc1cc(C)c(O)c(C)c1)N1CCN(c2nc(CC)ns2)CC1.I. The van der Waals surface area contributed by atoms with Crippen molar-refractivity contribution in [3.63, 3.8) is 0 Å². The van der Waals surface area contributed by atoms with Crippen molar-refractivity contribution in [3.05, 3.63) is 34.6 Å². The molecule has 1 aromatic heterocycles. The molecule has 2 heterocycles. The van der Waals surface area contributed by atoms with Crippen LogP contribution < -0.4 is 10.2 Å². The van der Waals surface area contributed by atoms with Gasteiger partial charge in [-0.15, -0.1) is 24.0 Å². The van der Waals surface area contributed by atoms with E-state index in [2.05, 4.69) is 38.3 Å². The molecular formula is C20H31IN6OS. The van der Waals surface area contributed by atoms with E-state index < -0.39 is 0 Å². The van der Waals surface area contributed by atoms with Crippen molar-refractivity contribution < 1.29 is 5.11 Å². The van der Waals surface area contributed by atoms with E-state index >= 15 is 0 Å². The number of nitrogens with one attached hydrogen (secondary N) is 1. The van der Waals surface area contributed by atoms with E-state index in [9.17, 15) is 5.11 Å². The highest BCUT2D eigenvalue weighted by atomic mass is 127. The van der Waals surface area contributed by atoms with Gasteiger partial charge >= 0.3 is 0 Å². The first-order valence-electron chi connectivity index (χ1n) is 9.91. The maximum absolute atomic E-state index is 9.96. The third-order valence-electron chi connectivity index (χ3n) is 4.92. The zero-order valence-corrected chi connectivity index (χ0v) is 20.8. The predicted octanol–water partition coefficient (Wildman–Crippen LogP) is 3.33.